The van der Waals surface area contributed by atoms with Gasteiger partial charge in [0.1, 0.15) is 12.1 Å². The fourth-order valence-electron chi connectivity index (χ4n) is 1.19. The molecule has 0 spiro atoms. The first kappa shape index (κ1) is 13.8. The molecule has 1 rings (SSSR count). The molecule has 0 saturated heterocycles. The van der Waals surface area contributed by atoms with Gasteiger partial charge in [-0.1, -0.05) is 17.7 Å². The van der Waals surface area contributed by atoms with Crippen LogP contribution < -0.4 is 5.32 Å². The molecule has 5 heteroatoms. The van der Waals surface area contributed by atoms with Crippen molar-refractivity contribution >= 4 is 23.3 Å². The quantitative estimate of drug-likeness (QED) is 0.847. The van der Waals surface area contributed by atoms with Crippen LogP contribution in [0.4, 0.5) is 10.1 Å². The zero-order valence-electron chi connectivity index (χ0n) is 10.0. The minimum absolute atomic E-state index is 0.0131. The van der Waals surface area contributed by atoms with Crippen LogP contribution in [0.1, 0.15) is 20.8 Å². The van der Waals surface area contributed by atoms with E-state index in [1.165, 1.54) is 12.1 Å². The Bertz CT molecular complexity index is 415. The standard InChI is InChI=1S/C12H15ClFNO2/c1-12(2,3)17-10(16)7-15-9-6-4-5-8(13)11(9)14/h4-6,15H,7H2,1-3H3. The largest absolute Gasteiger partial charge is 0.459 e. The molecule has 1 aromatic rings. The molecule has 0 aliphatic rings. The Kier molecular flexibility index (Phi) is 4.34. The summed E-state index contributed by atoms with van der Waals surface area (Å²) >= 11 is 5.60. The van der Waals surface area contributed by atoms with E-state index in [2.05, 4.69) is 5.32 Å². The summed E-state index contributed by atoms with van der Waals surface area (Å²) in [6, 6.07) is 4.55. The maximum absolute atomic E-state index is 13.4. The number of anilines is 1. The maximum Gasteiger partial charge on any atom is 0.325 e. The molecular formula is C12H15ClFNO2. The third kappa shape index (κ3) is 4.61. The van der Waals surface area contributed by atoms with Gasteiger partial charge in [0, 0.05) is 0 Å². The van der Waals surface area contributed by atoms with Crippen LogP contribution in [-0.4, -0.2) is 18.1 Å². The highest BCUT2D eigenvalue weighted by atomic mass is 35.5. The minimum atomic E-state index is -0.572. The Balaban J connectivity index is 2.56. The predicted molar refractivity (Wildman–Crippen MR) is 65.7 cm³/mol. The molecule has 0 aliphatic carbocycles. The zero-order chi connectivity index (χ0) is 13.1. The SMILES string of the molecule is CC(C)(C)OC(=O)CNc1cccc(Cl)c1F. The third-order valence-electron chi connectivity index (χ3n) is 1.79. The van der Waals surface area contributed by atoms with E-state index in [0.29, 0.717) is 0 Å². The molecule has 0 amide bonds. The molecule has 0 radical (unpaired) electrons. The van der Waals surface area contributed by atoms with E-state index >= 15 is 0 Å². The lowest BCUT2D eigenvalue weighted by atomic mass is 10.2. The van der Waals surface area contributed by atoms with Crippen LogP contribution in [0.5, 0.6) is 0 Å². The van der Waals surface area contributed by atoms with Crippen LogP contribution in [-0.2, 0) is 9.53 Å². The Morgan fingerprint density at radius 3 is 2.71 bits per heavy atom. The second-order valence-electron chi connectivity index (χ2n) is 4.54. The second kappa shape index (κ2) is 5.36. The monoisotopic (exact) mass is 259 g/mol. The van der Waals surface area contributed by atoms with Crippen molar-refractivity contribution in [2.24, 2.45) is 0 Å². The molecule has 0 bridgehead atoms. The molecule has 0 atom stereocenters. The fraction of sp³-hybridized carbons (Fsp3) is 0.417. The number of benzene rings is 1. The number of carbonyl (C=O) groups excluding carboxylic acids is 1. The summed E-state index contributed by atoms with van der Waals surface area (Å²) in [5.41, 5.74) is -0.366. The van der Waals surface area contributed by atoms with E-state index in [9.17, 15) is 9.18 Å². The van der Waals surface area contributed by atoms with Gasteiger partial charge in [0.2, 0.25) is 0 Å². The number of hydrogen-bond acceptors (Lipinski definition) is 3. The van der Waals surface area contributed by atoms with E-state index < -0.39 is 17.4 Å². The molecule has 0 heterocycles. The van der Waals surface area contributed by atoms with Crippen molar-refractivity contribution in [2.45, 2.75) is 26.4 Å². The fourth-order valence-corrected chi connectivity index (χ4v) is 1.36. The van der Waals surface area contributed by atoms with E-state index in [-0.39, 0.29) is 17.3 Å². The lowest BCUT2D eigenvalue weighted by Crippen LogP contribution is -2.28. The highest BCUT2D eigenvalue weighted by molar-refractivity contribution is 6.31. The summed E-state index contributed by atoms with van der Waals surface area (Å²) < 4.78 is 18.5. The van der Waals surface area contributed by atoms with Crippen molar-refractivity contribution in [3.05, 3.63) is 29.0 Å². The first-order valence-electron chi connectivity index (χ1n) is 5.19. The Morgan fingerprint density at radius 2 is 2.12 bits per heavy atom. The molecular weight excluding hydrogens is 245 g/mol. The van der Waals surface area contributed by atoms with Gasteiger partial charge < -0.3 is 10.1 Å². The van der Waals surface area contributed by atoms with Gasteiger partial charge in [-0.25, -0.2) is 4.39 Å². The summed E-state index contributed by atoms with van der Waals surface area (Å²) in [7, 11) is 0. The van der Waals surface area contributed by atoms with E-state index in [1.54, 1.807) is 26.8 Å². The smallest absolute Gasteiger partial charge is 0.325 e. The lowest BCUT2D eigenvalue weighted by molar-refractivity contribution is -0.152. The molecule has 0 unspecified atom stereocenters. The van der Waals surface area contributed by atoms with Gasteiger partial charge in [-0.3, -0.25) is 4.79 Å². The van der Waals surface area contributed by atoms with E-state index in [1.807, 2.05) is 0 Å². The number of carbonyl (C=O) groups is 1. The highest BCUT2D eigenvalue weighted by Gasteiger charge is 2.16. The van der Waals surface area contributed by atoms with Crippen molar-refractivity contribution < 1.29 is 13.9 Å². The number of esters is 1. The number of hydrogen-bond donors (Lipinski definition) is 1. The second-order valence-corrected chi connectivity index (χ2v) is 4.95. The van der Waals surface area contributed by atoms with Gasteiger partial charge in [0.25, 0.3) is 0 Å². The maximum atomic E-state index is 13.4. The average molecular weight is 260 g/mol. The normalized spacial score (nSPS) is 11.1. The summed E-state index contributed by atoms with van der Waals surface area (Å²) in [4.78, 5) is 11.4. The van der Waals surface area contributed by atoms with Crippen molar-refractivity contribution in [1.29, 1.82) is 0 Å². The van der Waals surface area contributed by atoms with Crippen LogP contribution in [0.2, 0.25) is 5.02 Å². The Morgan fingerprint density at radius 1 is 1.47 bits per heavy atom. The summed E-state index contributed by atoms with van der Waals surface area (Å²) in [6.45, 7) is 5.20. The molecule has 17 heavy (non-hydrogen) atoms. The van der Waals surface area contributed by atoms with Crippen LogP contribution in [0.25, 0.3) is 0 Å². The molecule has 0 saturated carbocycles. The topological polar surface area (TPSA) is 38.3 Å². The van der Waals surface area contributed by atoms with Gasteiger partial charge >= 0.3 is 5.97 Å². The molecule has 94 valence electrons. The van der Waals surface area contributed by atoms with Gasteiger partial charge in [-0.05, 0) is 32.9 Å². The Labute approximate surface area is 105 Å². The van der Waals surface area contributed by atoms with Crippen LogP contribution in [0, 0.1) is 5.82 Å². The van der Waals surface area contributed by atoms with Crippen LogP contribution >= 0.6 is 11.6 Å². The molecule has 1 N–H and O–H groups in total. The van der Waals surface area contributed by atoms with Crippen molar-refractivity contribution in [3.8, 4) is 0 Å². The molecule has 1 aromatic carbocycles. The van der Waals surface area contributed by atoms with E-state index in [0.717, 1.165) is 0 Å². The molecule has 3 nitrogen and oxygen atoms in total. The number of ether oxygens (including phenoxy) is 1. The number of nitrogens with one attached hydrogen (secondary N) is 1. The van der Waals surface area contributed by atoms with Gasteiger partial charge in [-0.15, -0.1) is 0 Å². The first-order chi connectivity index (χ1) is 7.79. The zero-order valence-corrected chi connectivity index (χ0v) is 10.8. The van der Waals surface area contributed by atoms with E-state index in [4.69, 9.17) is 16.3 Å². The van der Waals surface area contributed by atoms with Crippen molar-refractivity contribution in [2.75, 3.05) is 11.9 Å². The third-order valence-corrected chi connectivity index (χ3v) is 2.09. The lowest BCUT2D eigenvalue weighted by Gasteiger charge is -2.19. The van der Waals surface area contributed by atoms with Crippen LogP contribution in [0.15, 0.2) is 18.2 Å². The van der Waals surface area contributed by atoms with Crippen LogP contribution in [0.3, 0.4) is 0 Å². The predicted octanol–water partition coefficient (Wildman–Crippen LogP) is 3.23. The van der Waals surface area contributed by atoms with Crippen molar-refractivity contribution in [3.63, 3.8) is 0 Å². The van der Waals surface area contributed by atoms with Gasteiger partial charge in [0.05, 0.1) is 10.7 Å². The number of rotatable bonds is 3. The summed E-state index contributed by atoms with van der Waals surface area (Å²) in [5, 5.41) is 2.66. The molecule has 0 aliphatic heterocycles. The highest BCUT2D eigenvalue weighted by Crippen LogP contribution is 2.21. The first-order valence-corrected chi connectivity index (χ1v) is 5.57. The summed E-state index contributed by atoms with van der Waals surface area (Å²) in [6.07, 6.45) is 0. The van der Waals surface area contributed by atoms with Crippen molar-refractivity contribution in [1.82, 2.24) is 0 Å². The Hall–Kier alpha value is -1.29. The summed E-state index contributed by atoms with van der Waals surface area (Å²) in [5.74, 6) is -1.02. The molecule has 0 fully saturated rings. The van der Waals surface area contributed by atoms with Gasteiger partial charge in [0.15, 0.2) is 5.82 Å². The number of halogens is 2. The average Bonchev–Trinajstić information content (AvgIpc) is 2.18. The van der Waals surface area contributed by atoms with Gasteiger partial charge in [-0.2, -0.15) is 0 Å². The minimum Gasteiger partial charge on any atom is -0.459 e. The molecule has 0 aromatic heterocycles.